The van der Waals surface area contributed by atoms with Crippen molar-refractivity contribution >= 4 is 0 Å². The monoisotopic (exact) mass is 318 g/mol. The molecule has 0 heterocycles. The summed E-state index contributed by atoms with van der Waals surface area (Å²) >= 11 is 0. The Morgan fingerprint density at radius 2 is 1.22 bits per heavy atom. The summed E-state index contributed by atoms with van der Waals surface area (Å²) in [5, 5.41) is 0. The number of alkyl halides is 3. The Bertz CT molecular complexity index is 645. The van der Waals surface area contributed by atoms with Crippen molar-refractivity contribution in [2.75, 3.05) is 0 Å². The van der Waals surface area contributed by atoms with Crippen LogP contribution in [-0.4, -0.2) is 0 Å². The number of hydrogen-bond acceptors (Lipinski definition) is 0. The molecule has 1 aliphatic rings. The van der Waals surface area contributed by atoms with Gasteiger partial charge in [0.05, 0.1) is 5.56 Å². The van der Waals surface area contributed by atoms with Gasteiger partial charge in [-0.1, -0.05) is 61.2 Å². The molecule has 3 rings (SSSR count). The highest BCUT2D eigenvalue weighted by molar-refractivity contribution is 5.42. The number of hydrogen-bond donors (Lipinski definition) is 0. The summed E-state index contributed by atoms with van der Waals surface area (Å²) in [7, 11) is 0. The highest BCUT2D eigenvalue weighted by Crippen LogP contribution is 2.45. The molecule has 0 atom stereocenters. The van der Waals surface area contributed by atoms with E-state index in [1.165, 1.54) is 29.7 Å². The van der Waals surface area contributed by atoms with Crippen molar-refractivity contribution in [2.24, 2.45) is 0 Å². The van der Waals surface area contributed by atoms with Crippen molar-refractivity contribution in [1.82, 2.24) is 0 Å². The van der Waals surface area contributed by atoms with Crippen LogP contribution in [0.5, 0.6) is 0 Å². The minimum atomic E-state index is -4.28. The van der Waals surface area contributed by atoms with Gasteiger partial charge in [0.2, 0.25) is 0 Å². The summed E-state index contributed by atoms with van der Waals surface area (Å²) in [5.74, 6) is 0. The third kappa shape index (κ3) is 3.15. The van der Waals surface area contributed by atoms with Gasteiger partial charge in [0, 0.05) is 5.41 Å². The maximum Gasteiger partial charge on any atom is 0.416 e. The molecule has 0 saturated heterocycles. The minimum Gasteiger partial charge on any atom is -0.166 e. The highest BCUT2D eigenvalue weighted by atomic mass is 19.4. The van der Waals surface area contributed by atoms with Gasteiger partial charge in [-0.25, -0.2) is 0 Å². The molecule has 0 unspecified atom stereocenters. The summed E-state index contributed by atoms with van der Waals surface area (Å²) < 4.78 is 38.5. The molecular formula is C20H21F3. The molecule has 0 N–H and O–H groups in total. The first-order valence-corrected chi connectivity index (χ1v) is 8.17. The fraction of sp³-hybridized carbons (Fsp3) is 0.400. The van der Waals surface area contributed by atoms with Crippen LogP contribution in [0.15, 0.2) is 48.5 Å². The lowest BCUT2D eigenvalue weighted by Crippen LogP contribution is -2.30. The van der Waals surface area contributed by atoms with E-state index < -0.39 is 11.7 Å². The topological polar surface area (TPSA) is 0 Å². The molecular weight excluding hydrogens is 297 g/mol. The Hall–Kier alpha value is -1.77. The van der Waals surface area contributed by atoms with Crippen LogP contribution in [0.25, 0.3) is 0 Å². The van der Waals surface area contributed by atoms with Gasteiger partial charge in [-0.15, -0.1) is 0 Å². The summed E-state index contributed by atoms with van der Waals surface area (Å²) in [6.45, 7) is 2.05. The first-order valence-electron chi connectivity index (χ1n) is 8.17. The van der Waals surface area contributed by atoms with Gasteiger partial charge in [-0.05, 0) is 43.0 Å². The van der Waals surface area contributed by atoms with Crippen LogP contribution in [0.2, 0.25) is 0 Å². The molecule has 0 nitrogen and oxygen atoms in total. The molecule has 1 aliphatic carbocycles. The van der Waals surface area contributed by atoms with E-state index in [0.717, 1.165) is 31.2 Å². The average Bonchev–Trinajstić information content (AvgIpc) is 2.55. The van der Waals surface area contributed by atoms with Crippen LogP contribution in [0.3, 0.4) is 0 Å². The Balaban J connectivity index is 2.04. The van der Waals surface area contributed by atoms with Gasteiger partial charge in [-0.2, -0.15) is 13.2 Å². The smallest absolute Gasteiger partial charge is 0.166 e. The van der Waals surface area contributed by atoms with Crippen molar-refractivity contribution in [3.05, 3.63) is 70.8 Å². The molecule has 1 fully saturated rings. The second-order valence-electron chi connectivity index (χ2n) is 6.58. The molecule has 0 spiro atoms. The summed E-state index contributed by atoms with van der Waals surface area (Å²) in [6, 6.07) is 14.3. The second-order valence-corrected chi connectivity index (χ2v) is 6.58. The van der Waals surface area contributed by atoms with Gasteiger partial charge >= 0.3 is 6.18 Å². The van der Waals surface area contributed by atoms with Gasteiger partial charge < -0.3 is 0 Å². The molecule has 0 amide bonds. The lowest BCUT2D eigenvalue weighted by molar-refractivity contribution is -0.137. The molecule has 0 radical (unpaired) electrons. The van der Waals surface area contributed by atoms with Gasteiger partial charge in [-0.3, -0.25) is 0 Å². The van der Waals surface area contributed by atoms with Crippen molar-refractivity contribution in [1.29, 1.82) is 0 Å². The highest BCUT2D eigenvalue weighted by Gasteiger charge is 2.37. The number of rotatable bonds is 2. The molecule has 122 valence electrons. The number of benzene rings is 2. The second kappa shape index (κ2) is 6.03. The lowest BCUT2D eigenvalue weighted by atomic mass is 9.65. The van der Waals surface area contributed by atoms with Crippen LogP contribution in [-0.2, 0) is 11.6 Å². The number of aryl methyl sites for hydroxylation is 1. The summed E-state index contributed by atoms with van der Waals surface area (Å²) in [6.07, 6.45) is 1.17. The van der Waals surface area contributed by atoms with Crippen LogP contribution >= 0.6 is 0 Å². The van der Waals surface area contributed by atoms with Gasteiger partial charge in [0.25, 0.3) is 0 Å². The average molecular weight is 318 g/mol. The van der Waals surface area contributed by atoms with E-state index in [1.54, 1.807) is 12.1 Å². The van der Waals surface area contributed by atoms with Gasteiger partial charge in [0.1, 0.15) is 0 Å². The van der Waals surface area contributed by atoms with Crippen molar-refractivity contribution in [3.8, 4) is 0 Å². The third-order valence-electron chi connectivity index (χ3n) is 5.08. The van der Waals surface area contributed by atoms with E-state index in [0.29, 0.717) is 0 Å². The van der Waals surface area contributed by atoms with E-state index in [-0.39, 0.29) is 5.41 Å². The quantitative estimate of drug-likeness (QED) is 0.612. The molecule has 2 aromatic rings. The van der Waals surface area contributed by atoms with Gasteiger partial charge in [0.15, 0.2) is 0 Å². The molecule has 1 saturated carbocycles. The maximum absolute atomic E-state index is 12.8. The molecule has 3 heteroatoms. The zero-order valence-electron chi connectivity index (χ0n) is 13.3. The molecule has 0 aliphatic heterocycles. The van der Waals surface area contributed by atoms with Crippen molar-refractivity contribution in [3.63, 3.8) is 0 Å². The largest absolute Gasteiger partial charge is 0.416 e. The zero-order chi connectivity index (χ0) is 16.5. The first-order chi connectivity index (χ1) is 10.9. The van der Waals surface area contributed by atoms with Crippen LogP contribution in [0, 0.1) is 6.92 Å². The predicted molar refractivity (Wildman–Crippen MR) is 86.5 cm³/mol. The Labute approximate surface area is 135 Å². The number of halogens is 3. The van der Waals surface area contributed by atoms with Crippen molar-refractivity contribution < 1.29 is 13.2 Å². The van der Waals surface area contributed by atoms with Crippen molar-refractivity contribution in [2.45, 2.75) is 50.6 Å². The normalized spacial score (nSPS) is 17.9. The SMILES string of the molecule is Cc1ccc(C2(c3ccc(C(F)(F)F)cc3)CCCCC2)cc1. The van der Waals surface area contributed by atoms with E-state index in [4.69, 9.17) is 0 Å². The van der Waals surface area contributed by atoms with E-state index in [9.17, 15) is 13.2 Å². The fourth-order valence-corrected chi connectivity index (χ4v) is 3.75. The molecule has 0 bridgehead atoms. The van der Waals surface area contributed by atoms with E-state index in [2.05, 4.69) is 31.2 Å². The molecule has 23 heavy (non-hydrogen) atoms. The van der Waals surface area contributed by atoms with E-state index >= 15 is 0 Å². The fourth-order valence-electron chi connectivity index (χ4n) is 3.75. The van der Waals surface area contributed by atoms with Crippen LogP contribution in [0.4, 0.5) is 13.2 Å². The van der Waals surface area contributed by atoms with Crippen LogP contribution < -0.4 is 0 Å². The minimum absolute atomic E-state index is 0.143. The zero-order valence-corrected chi connectivity index (χ0v) is 13.3. The first kappa shape index (κ1) is 16.1. The van der Waals surface area contributed by atoms with E-state index in [1.807, 2.05) is 0 Å². The standard InChI is InChI=1S/C20H21F3/c1-15-5-7-16(8-6-15)19(13-3-2-4-14-19)17-9-11-18(12-10-17)20(21,22)23/h5-12H,2-4,13-14H2,1H3. The Morgan fingerprint density at radius 1 is 0.739 bits per heavy atom. The Morgan fingerprint density at radius 3 is 1.70 bits per heavy atom. The summed E-state index contributed by atoms with van der Waals surface area (Å²) in [5.41, 5.74) is 2.72. The predicted octanol–water partition coefficient (Wildman–Crippen LogP) is 6.26. The van der Waals surface area contributed by atoms with Crippen LogP contribution in [0.1, 0.15) is 54.4 Å². The lowest BCUT2D eigenvalue weighted by Gasteiger charge is -2.39. The maximum atomic E-state index is 12.8. The third-order valence-corrected chi connectivity index (χ3v) is 5.08. The Kier molecular flexibility index (Phi) is 4.22. The summed E-state index contributed by atoms with van der Waals surface area (Å²) in [4.78, 5) is 0. The molecule has 0 aromatic heterocycles. The molecule has 2 aromatic carbocycles.